The van der Waals surface area contributed by atoms with Crippen molar-refractivity contribution in [1.82, 2.24) is 14.8 Å². The van der Waals surface area contributed by atoms with Crippen molar-refractivity contribution in [2.75, 3.05) is 19.6 Å². The second-order valence-corrected chi connectivity index (χ2v) is 7.83. The van der Waals surface area contributed by atoms with Crippen molar-refractivity contribution in [2.45, 2.75) is 37.1 Å². The van der Waals surface area contributed by atoms with Gasteiger partial charge in [-0.05, 0) is 44.5 Å². The zero-order valence-corrected chi connectivity index (χ0v) is 15.9. The van der Waals surface area contributed by atoms with E-state index in [1.165, 1.54) is 6.20 Å². The molecule has 8 heteroatoms. The Morgan fingerprint density at radius 3 is 2.60 bits per heavy atom. The molecule has 0 bridgehead atoms. The Morgan fingerprint density at radius 1 is 1.24 bits per heavy atom. The molecule has 0 radical (unpaired) electrons. The van der Waals surface area contributed by atoms with Crippen molar-refractivity contribution in [3.8, 4) is 11.3 Å². The SMILES string of the molecule is CCCN(C1CCNCC1)S(=O)(=O)c1ccccc1-c1ccno1.Cl. The number of hydrogen-bond donors (Lipinski definition) is 1. The summed E-state index contributed by atoms with van der Waals surface area (Å²) in [5.41, 5.74) is 0.560. The van der Waals surface area contributed by atoms with Gasteiger partial charge in [0.15, 0.2) is 5.76 Å². The molecule has 1 aliphatic rings. The lowest BCUT2D eigenvalue weighted by Crippen LogP contribution is -2.46. The largest absolute Gasteiger partial charge is 0.356 e. The smallest absolute Gasteiger partial charge is 0.244 e. The Labute approximate surface area is 155 Å². The van der Waals surface area contributed by atoms with Gasteiger partial charge in [0.2, 0.25) is 10.0 Å². The van der Waals surface area contributed by atoms with Crippen LogP contribution in [0.4, 0.5) is 0 Å². The molecule has 1 saturated heterocycles. The van der Waals surface area contributed by atoms with Crippen molar-refractivity contribution < 1.29 is 12.9 Å². The summed E-state index contributed by atoms with van der Waals surface area (Å²) in [7, 11) is -3.60. The first-order valence-electron chi connectivity index (χ1n) is 8.37. The van der Waals surface area contributed by atoms with Crippen LogP contribution in [0.25, 0.3) is 11.3 Å². The normalized spacial score (nSPS) is 15.9. The Balaban J connectivity index is 0.00000225. The first-order chi connectivity index (χ1) is 11.6. The minimum atomic E-state index is -3.60. The summed E-state index contributed by atoms with van der Waals surface area (Å²) in [5.74, 6) is 0.468. The van der Waals surface area contributed by atoms with Crippen LogP contribution < -0.4 is 5.32 Å². The molecule has 0 amide bonds. The van der Waals surface area contributed by atoms with Gasteiger partial charge in [-0.2, -0.15) is 4.31 Å². The summed E-state index contributed by atoms with van der Waals surface area (Å²) >= 11 is 0. The van der Waals surface area contributed by atoms with Gasteiger partial charge in [0.05, 0.1) is 11.1 Å². The maximum Gasteiger partial charge on any atom is 0.244 e. The summed E-state index contributed by atoms with van der Waals surface area (Å²) in [4.78, 5) is 0.286. The zero-order valence-electron chi connectivity index (χ0n) is 14.2. The van der Waals surface area contributed by atoms with Crippen LogP contribution in [0, 0.1) is 0 Å². The lowest BCUT2D eigenvalue weighted by atomic mass is 10.1. The van der Waals surface area contributed by atoms with Crippen LogP contribution >= 0.6 is 12.4 Å². The molecular formula is C17H24ClN3O3S. The first-order valence-corrected chi connectivity index (χ1v) is 9.81. The third-order valence-electron chi connectivity index (χ3n) is 4.34. The lowest BCUT2D eigenvalue weighted by Gasteiger charge is -2.34. The number of piperidine rings is 1. The predicted molar refractivity (Wildman–Crippen MR) is 99.3 cm³/mol. The maximum atomic E-state index is 13.4. The van der Waals surface area contributed by atoms with E-state index in [0.717, 1.165) is 32.4 Å². The van der Waals surface area contributed by atoms with Crippen molar-refractivity contribution in [1.29, 1.82) is 0 Å². The zero-order chi connectivity index (χ0) is 17.0. The van der Waals surface area contributed by atoms with Crippen LogP contribution in [0.3, 0.4) is 0 Å². The van der Waals surface area contributed by atoms with E-state index in [1.54, 1.807) is 28.6 Å². The number of aromatic nitrogens is 1. The van der Waals surface area contributed by atoms with Crippen molar-refractivity contribution in [3.63, 3.8) is 0 Å². The Morgan fingerprint density at radius 2 is 1.96 bits per heavy atom. The lowest BCUT2D eigenvalue weighted by molar-refractivity contribution is 0.262. The van der Waals surface area contributed by atoms with E-state index < -0.39 is 10.0 Å². The third kappa shape index (κ3) is 4.23. The van der Waals surface area contributed by atoms with Gasteiger partial charge in [0, 0.05) is 24.2 Å². The molecule has 25 heavy (non-hydrogen) atoms. The van der Waals surface area contributed by atoms with Gasteiger partial charge in [-0.1, -0.05) is 24.2 Å². The molecule has 0 saturated carbocycles. The van der Waals surface area contributed by atoms with Crippen LogP contribution in [0.2, 0.25) is 0 Å². The summed E-state index contributed by atoms with van der Waals surface area (Å²) in [6, 6.07) is 8.70. The molecule has 1 N–H and O–H groups in total. The summed E-state index contributed by atoms with van der Waals surface area (Å²) in [6.07, 6.45) is 3.98. The highest BCUT2D eigenvalue weighted by atomic mass is 35.5. The number of rotatable bonds is 6. The molecule has 1 aliphatic heterocycles. The molecule has 2 heterocycles. The Hall–Kier alpha value is -1.41. The summed E-state index contributed by atoms with van der Waals surface area (Å²) in [5, 5.41) is 6.99. The quantitative estimate of drug-likeness (QED) is 0.827. The van der Waals surface area contributed by atoms with Gasteiger partial charge in [0.1, 0.15) is 0 Å². The minimum Gasteiger partial charge on any atom is -0.356 e. The second kappa shape index (κ2) is 8.80. The molecule has 0 spiro atoms. The number of nitrogens with zero attached hydrogens (tertiary/aromatic N) is 2. The number of halogens is 1. The van der Waals surface area contributed by atoms with Gasteiger partial charge in [-0.25, -0.2) is 8.42 Å². The predicted octanol–water partition coefficient (Wildman–Crippen LogP) is 2.92. The molecule has 138 valence electrons. The van der Waals surface area contributed by atoms with Crippen molar-refractivity contribution in [3.05, 3.63) is 36.5 Å². The molecule has 1 aromatic carbocycles. The number of hydrogen-bond acceptors (Lipinski definition) is 5. The van der Waals surface area contributed by atoms with Crippen molar-refractivity contribution >= 4 is 22.4 Å². The first kappa shape index (κ1) is 19.9. The number of benzene rings is 1. The van der Waals surface area contributed by atoms with Gasteiger partial charge in [-0.3, -0.25) is 0 Å². The van der Waals surface area contributed by atoms with E-state index >= 15 is 0 Å². The van der Waals surface area contributed by atoms with E-state index in [0.29, 0.717) is 17.9 Å². The molecule has 6 nitrogen and oxygen atoms in total. The minimum absolute atomic E-state index is 0. The Kier molecular flexibility index (Phi) is 7.01. The van der Waals surface area contributed by atoms with Crippen LogP contribution in [-0.4, -0.2) is 43.6 Å². The Bertz CT molecular complexity index is 759. The standard InChI is InChI=1S/C17H23N3O3S.ClH/c1-2-13-20(14-7-10-18-11-8-14)24(21,22)17-6-4-3-5-15(17)16-9-12-19-23-16;/h3-6,9,12,14,18H,2,7-8,10-11,13H2,1H3;1H. The maximum absolute atomic E-state index is 13.4. The fraction of sp³-hybridized carbons (Fsp3) is 0.471. The molecule has 2 aromatic rings. The molecule has 0 unspecified atom stereocenters. The monoisotopic (exact) mass is 385 g/mol. The van der Waals surface area contributed by atoms with Crippen LogP contribution in [0.5, 0.6) is 0 Å². The molecule has 3 rings (SSSR count). The molecule has 1 aromatic heterocycles. The number of nitrogens with one attached hydrogen (secondary N) is 1. The van der Waals surface area contributed by atoms with Gasteiger partial charge < -0.3 is 9.84 Å². The highest BCUT2D eigenvalue weighted by Crippen LogP contribution is 2.31. The number of sulfonamides is 1. The topological polar surface area (TPSA) is 75.4 Å². The van der Waals surface area contributed by atoms with E-state index in [9.17, 15) is 8.42 Å². The van der Waals surface area contributed by atoms with E-state index in [2.05, 4.69) is 10.5 Å². The average Bonchev–Trinajstić information content (AvgIpc) is 3.15. The van der Waals surface area contributed by atoms with E-state index in [4.69, 9.17) is 4.52 Å². The summed E-state index contributed by atoms with van der Waals surface area (Å²) in [6.45, 7) is 4.23. The van der Waals surface area contributed by atoms with Crippen LogP contribution in [-0.2, 0) is 10.0 Å². The molecule has 0 aliphatic carbocycles. The molecule has 1 fully saturated rings. The van der Waals surface area contributed by atoms with E-state index in [-0.39, 0.29) is 23.3 Å². The van der Waals surface area contributed by atoms with Gasteiger partial charge in [-0.15, -0.1) is 12.4 Å². The van der Waals surface area contributed by atoms with E-state index in [1.807, 2.05) is 13.0 Å². The average molecular weight is 386 g/mol. The van der Waals surface area contributed by atoms with Crippen LogP contribution in [0.15, 0.2) is 45.9 Å². The van der Waals surface area contributed by atoms with Gasteiger partial charge >= 0.3 is 0 Å². The fourth-order valence-corrected chi connectivity index (χ4v) is 5.17. The third-order valence-corrected chi connectivity index (χ3v) is 6.35. The van der Waals surface area contributed by atoms with Crippen LogP contribution in [0.1, 0.15) is 26.2 Å². The molecule has 0 atom stereocenters. The highest BCUT2D eigenvalue weighted by Gasteiger charge is 2.33. The molecular weight excluding hydrogens is 362 g/mol. The second-order valence-electron chi connectivity index (χ2n) is 5.97. The highest BCUT2D eigenvalue weighted by molar-refractivity contribution is 7.89. The van der Waals surface area contributed by atoms with Gasteiger partial charge in [0.25, 0.3) is 0 Å². The van der Waals surface area contributed by atoms with Crippen molar-refractivity contribution in [2.24, 2.45) is 0 Å². The summed E-state index contributed by atoms with van der Waals surface area (Å²) < 4.78 is 33.6. The fourth-order valence-electron chi connectivity index (χ4n) is 3.19.